The van der Waals surface area contributed by atoms with Crippen LogP contribution in [0.4, 0.5) is 11.4 Å². The summed E-state index contributed by atoms with van der Waals surface area (Å²) in [7, 11) is 0. The molecule has 2 aromatic rings. The fraction of sp³-hybridized carbons (Fsp3) is 0.316. The Kier molecular flexibility index (Phi) is 5.63. The van der Waals surface area contributed by atoms with Gasteiger partial charge in [-0.25, -0.2) is 0 Å². The van der Waals surface area contributed by atoms with Crippen LogP contribution < -0.4 is 15.4 Å². The van der Waals surface area contributed by atoms with E-state index in [-0.39, 0.29) is 18.6 Å². The molecule has 0 saturated heterocycles. The molecule has 122 valence electrons. The van der Waals surface area contributed by atoms with E-state index >= 15 is 0 Å². The molecule has 0 aliphatic heterocycles. The Morgan fingerprint density at radius 2 is 1.83 bits per heavy atom. The fourth-order valence-corrected chi connectivity index (χ4v) is 2.22. The van der Waals surface area contributed by atoms with Gasteiger partial charge in [0.25, 0.3) is 0 Å². The molecular formula is C19H24N2O2. The number of ether oxygens (including phenoxy) is 1. The first-order valence-electron chi connectivity index (χ1n) is 7.82. The maximum absolute atomic E-state index is 12.2. The van der Waals surface area contributed by atoms with Crippen LogP contribution >= 0.6 is 0 Å². The summed E-state index contributed by atoms with van der Waals surface area (Å²) in [5.41, 5.74) is 3.95. The van der Waals surface area contributed by atoms with Gasteiger partial charge in [0.15, 0.2) is 0 Å². The summed E-state index contributed by atoms with van der Waals surface area (Å²) >= 11 is 0. The average molecular weight is 312 g/mol. The van der Waals surface area contributed by atoms with Crippen molar-refractivity contribution < 1.29 is 9.53 Å². The molecule has 0 aliphatic carbocycles. The van der Waals surface area contributed by atoms with Crippen molar-refractivity contribution in [3.05, 3.63) is 53.6 Å². The van der Waals surface area contributed by atoms with Gasteiger partial charge in [-0.1, -0.05) is 24.3 Å². The van der Waals surface area contributed by atoms with Crippen LogP contribution in [-0.4, -0.2) is 18.6 Å². The number of benzene rings is 2. The van der Waals surface area contributed by atoms with Gasteiger partial charge in [0.1, 0.15) is 5.75 Å². The minimum atomic E-state index is -0.106. The first kappa shape index (κ1) is 16.9. The van der Waals surface area contributed by atoms with Gasteiger partial charge in [0.2, 0.25) is 5.91 Å². The Bertz CT molecular complexity index is 681. The molecule has 0 spiro atoms. The lowest BCUT2D eigenvalue weighted by molar-refractivity contribution is -0.114. The van der Waals surface area contributed by atoms with E-state index < -0.39 is 0 Å². The molecule has 0 aliphatic rings. The van der Waals surface area contributed by atoms with Gasteiger partial charge in [-0.3, -0.25) is 4.79 Å². The summed E-state index contributed by atoms with van der Waals surface area (Å²) in [6, 6.07) is 13.6. The predicted octanol–water partition coefficient (Wildman–Crippen LogP) is 4.14. The molecule has 0 bridgehead atoms. The second-order valence-corrected chi connectivity index (χ2v) is 5.88. The van der Waals surface area contributed by atoms with Gasteiger partial charge in [0.05, 0.1) is 18.3 Å². The lowest BCUT2D eigenvalue weighted by Gasteiger charge is -2.15. The van der Waals surface area contributed by atoms with Crippen molar-refractivity contribution in [1.29, 1.82) is 0 Å². The van der Waals surface area contributed by atoms with Crippen molar-refractivity contribution >= 4 is 17.3 Å². The van der Waals surface area contributed by atoms with Gasteiger partial charge >= 0.3 is 0 Å². The summed E-state index contributed by atoms with van der Waals surface area (Å²) < 4.78 is 5.71. The van der Waals surface area contributed by atoms with Crippen LogP contribution in [0.3, 0.4) is 0 Å². The number of hydrogen-bond acceptors (Lipinski definition) is 3. The zero-order chi connectivity index (χ0) is 16.8. The first-order chi connectivity index (χ1) is 11.0. The number of carbonyl (C=O) groups is 1. The largest absolute Gasteiger partial charge is 0.489 e. The topological polar surface area (TPSA) is 50.4 Å². The van der Waals surface area contributed by atoms with Gasteiger partial charge in [-0.2, -0.15) is 0 Å². The molecule has 0 atom stereocenters. The number of nitrogens with one attached hydrogen (secondary N) is 2. The number of amides is 1. The zero-order valence-electron chi connectivity index (χ0n) is 14.1. The second kappa shape index (κ2) is 7.68. The quantitative estimate of drug-likeness (QED) is 0.843. The molecule has 0 radical (unpaired) electrons. The third kappa shape index (κ3) is 5.02. The van der Waals surface area contributed by atoms with Gasteiger partial charge < -0.3 is 15.4 Å². The number of hydrogen-bond donors (Lipinski definition) is 2. The highest BCUT2D eigenvalue weighted by Crippen LogP contribution is 2.24. The first-order valence-corrected chi connectivity index (χ1v) is 7.82. The van der Waals surface area contributed by atoms with Crippen LogP contribution in [-0.2, 0) is 4.79 Å². The van der Waals surface area contributed by atoms with Crippen LogP contribution in [0.2, 0.25) is 0 Å². The second-order valence-electron chi connectivity index (χ2n) is 5.88. The van der Waals surface area contributed by atoms with Crippen molar-refractivity contribution in [2.75, 3.05) is 17.2 Å². The van der Waals surface area contributed by atoms with Crippen LogP contribution in [0.1, 0.15) is 25.0 Å². The van der Waals surface area contributed by atoms with Gasteiger partial charge in [-0.15, -0.1) is 0 Å². The minimum Gasteiger partial charge on any atom is -0.489 e. The van der Waals surface area contributed by atoms with Gasteiger partial charge in [0, 0.05) is 5.69 Å². The van der Waals surface area contributed by atoms with Gasteiger partial charge in [-0.05, 0) is 57.0 Å². The maximum atomic E-state index is 12.2. The van der Waals surface area contributed by atoms with Crippen molar-refractivity contribution in [1.82, 2.24) is 0 Å². The summed E-state index contributed by atoms with van der Waals surface area (Å²) in [6.07, 6.45) is 0.0566. The van der Waals surface area contributed by atoms with Crippen LogP contribution in [0.15, 0.2) is 42.5 Å². The highest BCUT2D eigenvalue weighted by Gasteiger charge is 2.09. The molecule has 4 heteroatoms. The lowest BCUT2D eigenvalue weighted by Crippen LogP contribution is -2.22. The minimum absolute atomic E-state index is 0.0566. The summed E-state index contributed by atoms with van der Waals surface area (Å²) in [5, 5.41) is 6.07. The molecule has 0 aromatic heterocycles. The molecule has 0 saturated carbocycles. The van der Waals surface area contributed by atoms with E-state index in [1.54, 1.807) is 0 Å². The molecule has 23 heavy (non-hydrogen) atoms. The lowest BCUT2D eigenvalue weighted by atomic mass is 10.1. The standard InChI is InChI=1S/C19H24N2O2/c1-13(2)23-18-8-6-5-7-16(18)21-19(22)12-20-17-11-14(3)9-10-15(17)4/h5-11,13,20H,12H2,1-4H3,(H,21,22). The highest BCUT2D eigenvalue weighted by atomic mass is 16.5. The van der Waals surface area contributed by atoms with Crippen LogP contribution in [0.25, 0.3) is 0 Å². The molecule has 2 rings (SSSR count). The Morgan fingerprint density at radius 3 is 2.57 bits per heavy atom. The molecule has 1 amide bonds. The maximum Gasteiger partial charge on any atom is 0.243 e. The van der Waals surface area contributed by atoms with E-state index in [2.05, 4.69) is 16.7 Å². The molecule has 0 fully saturated rings. The Morgan fingerprint density at radius 1 is 1.09 bits per heavy atom. The smallest absolute Gasteiger partial charge is 0.243 e. The van der Waals surface area contributed by atoms with E-state index in [0.29, 0.717) is 11.4 Å². The molecule has 2 aromatic carbocycles. The Hall–Kier alpha value is -2.49. The number of rotatable bonds is 6. The Labute approximate surface area is 137 Å². The van der Waals surface area contributed by atoms with Crippen molar-refractivity contribution in [3.8, 4) is 5.75 Å². The highest BCUT2D eigenvalue weighted by molar-refractivity contribution is 5.95. The average Bonchev–Trinajstić information content (AvgIpc) is 2.50. The number of anilines is 2. The molecule has 2 N–H and O–H groups in total. The van der Waals surface area contributed by atoms with E-state index in [1.807, 2.05) is 64.1 Å². The van der Waals surface area contributed by atoms with E-state index in [0.717, 1.165) is 16.8 Å². The van der Waals surface area contributed by atoms with Crippen molar-refractivity contribution in [2.45, 2.75) is 33.8 Å². The third-order valence-corrected chi connectivity index (χ3v) is 3.36. The predicted molar refractivity (Wildman–Crippen MR) is 95.2 cm³/mol. The molecular weight excluding hydrogens is 288 g/mol. The van der Waals surface area contributed by atoms with E-state index in [9.17, 15) is 4.79 Å². The normalized spacial score (nSPS) is 10.5. The zero-order valence-corrected chi connectivity index (χ0v) is 14.1. The monoisotopic (exact) mass is 312 g/mol. The van der Waals surface area contributed by atoms with Crippen molar-refractivity contribution in [2.24, 2.45) is 0 Å². The summed E-state index contributed by atoms with van der Waals surface area (Å²) in [4.78, 5) is 12.2. The fourth-order valence-electron chi connectivity index (χ4n) is 2.22. The SMILES string of the molecule is Cc1ccc(C)c(NCC(=O)Nc2ccccc2OC(C)C)c1. The molecule has 4 nitrogen and oxygen atoms in total. The number of aryl methyl sites for hydroxylation is 2. The number of carbonyl (C=O) groups excluding carboxylic acids is 1. The number of para-hydroxylation sites is 2. The Balaban J connectivity index is 1.99. The van der Waals surface area contributed by atoms with E-state index in [1.165, 1.54) is 0 Å². The van der Waals surface area contributed by atoms with Crippen LogP contribution in [0, 0.1) is 13.8 Å². The van der Waals surface area contributed by atoms with Crippen molar-refractivity contribution in [3.63, 3.8) is 0 Å². The molecule has 0 unspecified atom stereocenters. The van der Waals surface area contributed by atoms with E-state index in [4.69, 9.17) is 4.74 Å². The summed E-state index contributed by atoms with van der Waals surface area (Å²) in [5.74, 6) is 0.577. The third-order valence-electron chi connectivity index (χ3n) is 3.36. The summed E-state index contributed by atoms with van der Waals surface area (Å²) in [6.45, 7) is 8.18. The molecule has 0 heterocycles. The van der Waals surface area contributed by atoms with Crippen LogP contribution in [0.5, 0.6) is 5.75 Å².